The maximum atomic E-state index is 12.3. The third-order valence-electron chi connectivity index (χ3n) is 3.61. The number of carboxylic acid groups (broad SMARTS) is 1. The van der Waals surface area contributed by atoms with Crippen molar-refractivity contribution in [3.8, 4) is 0 Å². The fourth-order valence-electron chi connectivity index (χ4n) is 2.80. The molecular formula is C14H24O5. The van der Waals surface area contributed by atoms with Crippen LogP contribution in [0.4, 0.5) is 0 Å². The van der Waals surface area contributed by atoms with E-state index in [9.17, 15) is 14.7 Å². The van der Waals surface area contributed by atoms with E-state index in [0.717, 1.165) is 6.42 Å². The Morgan fingerprint density at radius 1 is 1.47 bits per heavy atom. The highest BCUT2D eigenvalue weighted by molar-refractivity contribution is 5.99. The van der Waals surface area contributed by atoms with Crippen molar-refractivity contribution in [2.24, 2.45) is 17.3 Å². The van der Waals surface area contributed by atoms with Crippen molar-refractivity contribution in [2.45, 2.75) is 40.0 Å². The zero-order valence-electron chi connectivity index (χ0n) is 12.0. The maximum absolute atomic E-state index is 12.3. The fraction of sp³-hybridized carbons (Fsp3) is 0.857. The molecule has 5 heteroatoms. The summed E-state index contributed by atoms with van der Waals surface area (Å²) in [6.45, 7) is 6.67. The number of carbonyl (C=O) groups is 2. The molecule has 19 heavy (non-hydrogen) atoms. The third kappa shape index (κ3) is 3.47. The van der Waals surface area contributed by atoms with Gasteiger partial charge in [-0.1, -0.05) is 13.8 Å². The van der Waals surface area contributed by atoms with Gasteiger partial charge in [0.2, 0.25) is 0 Å². The molecule has 5 nitrogen and oxygen atoms in total. The van der Waals surface area contributed by atoms with Crippen LogP contribution < -0.4 is 0 Å². The Bertz CT molecular complexity index is 320. The molecule has 0 radical (unpaired) electrons. The molecule has 110 valence electrons. The second-order valence-corrected chi connectivity index (χ2v) is 5.51. The monoisotopic (exact) mass is 272 g/mol. The van der Waals surface area contributed by atoms with Gasteiger partial charge in [-0.15, -0.1) is 0 Å². The van der Waals surface area contributed by atoms with E-state index < -0.39 is 17.4 Å². The van der Waals surface area contributed by atoms with Gasteiger partial charge in [0, 0.05) is 12.5 Å². The third-order valence-corrected chi connectivity index (χ3v) is 3.61. The van der Waals surface area contributed by atoms with Gasteiger partial charge in [0.1, 0.15) is 0 Å². The number of hydrogen-bond acceptors (Lipinski definition) is 4. The van der Waals surface area contributed by atoms with E-state index >= 15 is 0 Å². The van der Waals surface area contributed by atoms with Crippen molar-refractivity contribution in [1.29, 1.82) is 0 Å². The Morgan fingerprint density at radius 2 is 2.16 bits per heavy atom. The van der Waals surface area contributed by atoms with Crippen molar-refractivity contribution in [1.82, 2.24) is 0 Å². The number of esters is 1. The average molecular weight is 272 g/mol. The van der Waals surface area contributed by atoms with Gasteiger partial charge in [0.25, 0.3) is 0 Å². The Labute approximate surface area is 114 Å². The summed E-state index contributed by atoms with van der Waals surface area (Å²) in [5.74, 6) is -1.91. The van der Waals surface area contributed by atoms with Gasteiger partial charge in [0.15, 0.2) is 5.41 Å². The Hall–Kier alpha value is -1.10. The first-order valence-electron chi connectivity index (χ1n) is 6.93. The van der Waals surface area contributed by atoms with Crippen LogP contribution in [0.3, 0.4) is 0 Å². The Kier molecular flexibility index (Phi) is 5.79. The second-order valence-electron chi connectivity index (χ2n) is 5.51. The highest BCUT2D eigenvalue weighted by Gasteiger charge is 2.54. The summed E-state index contributed by atoms with van der Waals surface area (Å²) in [7, 11) is 0. The minimum atomic E-state index is -1.47. The lowest BCUT2D eigenvalue weighted by Gasteiger charge is -2.38. The van der Waals surface area contributed by atoms with Crippen molar-refractivity contribution >= 4 is 11.9 Å². The van der Waals surface area contributed by atoms with Crippen LogP contribution in [0, 0.1) is 17.3 Å². The number of hydrogen-bond donors (Lipinski definition) is 1. The van der Waals surface area contributed by atoms with Crippen LogP contribution in [0.15, 0.2) is 0 Å². The quantitative estimate of drug-likeness (QED) is 0.592. The molecule has 0 aromatic rings. The number of carbonyl (C=O) groups excluding carboxylic acids is 1. The minimum absolute atomic E-state index is 0.0995. The molecule has 0 aromatic heterocycles. The van der Waals surface area contributed by atoms with E-state index in [1.54, 1.807) is 6.92 Å². The standard InChI is InChI=1S/C14H24O5/c1-4-19-13(17)14(12(15)16,8-10(2)3)11-6-5-7-18-9-11/h10-11H,4-9H2,1-3H3,(H,15,16). The molecule has 0 aromatic carbocycles. The smallest absolute Gasteiger partial charge is 0.323 e. The molecule has 1 saturated heterocycles. The van der Waals surface area contributed by atoms with Crippen LogP contribution in [0.5, 0.6) is 0 Å². The Balaban J connectivity index is 3.09. The molecule has 0 amide bonds. The van der Waals surface area contributed by atoms with Gasteiger partial charge in [0.05, 0.1) is 13.2 Å². The van der Waals surface area contributed by atoms with E-state index in [1.165, 1.54) is 0 Å². The number of carboxylic acids is 1. The van der Waals surface area contributed by atoms with Crippen molar-refractivity contribution in [2.75, 3.05) is 19.8 Å². The summed E-state index contributed by atoms with van der Waals surface area (Å²) in [6.07, 6.45) is 1.77. The first-order chi connectivity index (χ1) is 8.95. The van der Waals surface area contributed by atoms with Crippen LogP contribution in [0.2, 0.25) is 0 Å². The van der Waals surface area contributed by atoms with Gasteiger partial charge in [-0.05, 0) is 32.1 Å². The highest BCUT2D eigenvalue weighted by Crippen LogP contribution is 2.41. The molecule has 1 N–H and O–H groups in total. The molecule has 0 bridgehead atoms. The predicted octanol–water partition coefficient (Wildman–Crippen LogP) is 2.09. The number of aliphatic carboxylic acids is 1. The molecule has 2 unspecified atom stereocenters. The summed E-state index contributed by atoms with van der Waals surface area (Å²) in [5.41, 5.74) is -1.47. The molecule has 1 heterocycles. The summed E-state index contributed by atoms with van der Waals surface area (Å²) in [4.78, 5) is 24.1. The zero-order valence-corrected chi connectivity index (χ0v) is 12.0. The largest absolute Gasteiger partial charge is 0.480 e. The lowest BCUT2D eigenvalue weighted by atomic mass is 9.68. The molecule has 1 rings (SSSR count). The molecule has 0 aliphatic carbocycles. The molecule has 1 aliphatic heterocycles. The summed E-state index contributed by atoms with van der Waals surface area (Å²) >= 11 is 0. The van der Waals surface area contributed by atoms with E-state index in [4.69, 9.17) is 9.47 Å². The first-order valence-corrected chi connectivity index (χ1v) is 6.93. The summed E-state index contributed by atoms with van der Waals surface area (Å²) < 4.78 is 10.4. The molecular weight excluding hydrogens is 248 g/mol. The van der Waals surface area contributed by atoms with E-state index in [-0.39, 0.29) is 24.9 Å². The van der Waals surface area contributed by atoms with E-state index in [2.05, 4.69) is 0 Å². The Morgan fingerprint density at radius 3 is 2.58 bits per heavy atom. The van der Waals surface area contributed by atoms with Crippen molar-refractivity contribution in [3.63, 3.8) is 0 Å². The van der Waals surface area contributed by atoms with Crippen LogP contribution in [0.1, 0.15) is 40.0 Å². The summed E-state index contributed by atoms with van der Waals surface area (Å²) in [5, 5.41) is 9.67. The predicted molar refractivity (Wildman–Crippen MR) is 69.7 cm³/mol. The lowest BCUT2D eigenvalue weighted by Crippen LogP contribution is -2.50. The zero-order chi connectivity index (χ0) is 14.5. The highest BCUT2D eigenvalue weighted by atomic mass is 16.5. The molecule has 2 atom stereocenters. The van der Waals surface area contributed by atoms with Crippen LogP contribution in [-0.2, 0) is 19.1 Å². The molecule has 0 saturated carbocycles. The average Bonchev–Trinajstić information content (AvgIpc) is 2.36. The maximum Gasteiger partial charge on any atom is 0.323 e. The van der Waals surface area contributed by atoms with Gasteiger partial charge in [-0.2, -0.15) is 0 Å². The van der Waals surface area contributed by atoms with Gasteiger partial charge in [-0.25, -0.2) is 0 Å². The van der Waals surface area contributed by atoms with Gasteiger partial charge in [-0.3, -0.25) is 9.59 Å². The second kappa shape index (κ2) is 6.89. The van der Waals surface area contributed by atoms with Crippen molar-refractivity contribution in [3.05, 3.63) is 0 Å². The molecule has 1 fully saturated rings. The van der Waals surface area contributed by atoms with Gasteiger partial charge < -0.3 is 14.6 Å². The summed E-state index contributed by atoms with van der Waals surface area (Å²) in [6, 6.07) is 0. The van der Waals surface area contributed by atoms with Crippen molar-refractivity contribution < 1.29 is 24.2 Å². The van der Waals surface area contributed by atoms with Crippen LogP contribution in [0.25, 0.3) is 0 Å². The lowest BCUT2D eigenvalue weighted by molar-refractivity contribution is -0.179. The van der Waals surface area contributed by atoms with E-state index in [0.29, 0.717) is 19.6 Å². The van der Waals surface area contributed by atoms with Gasteiger partial charge >= 0.3 is 11.9 Å². The first kappa shape index (κ1) is 16.0. The normalized spacial score (nSPS) is 22.8. The van der Waals surface area contributed by atoms with Crippen LogP contribution in [-0.4, -0.2) is 36.9 Å². The minimum Gasteiger partial charge on any atom is -0.480 e. The number of ether oxygens (including phenoxy) is 2. The van der Waals surface area contributed by atoms with Crippen LogP contribution >= 0.6 is 0 Å². The molecule has 0 spiro atoms. The number of rotatable bonds is 6. The van der Waals surface area contributed by atoms with E-state index in [1.807, 2.05) is 13.8 Å². The fourth-order valence-corrected chi connectivity index (χ4v) is 2.80. The topological polar surface area (TPSA) is 72.8 Å². The SMILES string of the molecule is CCOC(=O)C(CC(C)C)(C(=O)O)C1CCCOC1. The molecule has 1 aliphatic rings.